The lowest BCUT2D eigenvalue weighted by atomic mass is 9.75. The summed E-state index contributed by atoms with van der Waals surface area (Å²) in [6, 6.07) is 6.39. The van der Waals surface area contributed by atoms with E-state index >= 15 is 4.79 Å². The number of nitrogens with one attached hydrogen (secondary N) is 3. The summed E-state index contributed by atoms with van der Waals surface area (Å²) in [4.78, 5) is 50.0. The molecule has 7 rings (SSSR count). The number of ether oxygens (including phenoxy) is 6. The minimum absolute atomic E-state index is 0.00848. The van der Waals surface area contributed by atoms with Crippen LogP contribution in [0.4, 0.5) is 4.79 Å². The number of allylic oxidation sites excluding steroid dienone is 3. The number of methoxy groups -OCH3 is 2. The molecule has 346 valence electrons. The largest absolute Gasteiger partial charge is 0.508 e. The van der Waals surface area contributed by atoms with E-state index in [1.54, 1.807) is 44.6 Å². The van der Waals surface area contributed by atoms with Crippen molar-refractivity contribution in [2.45, 2.75) is 86.2 Å². The zero-order chi connectivity index (χ0) is 46.5. The predicted molar refractivity (Wildman–Crippen MR) is 252 cm³/mol. The minimum atomic E-state index is -2.04. The summed E-state index contributed by atoms with van der Waals surface area (Å²) in [5, 5.41) is 42.6. The number of benzene rings is 1. The third-order valence-electron chi connectivity index (χ3n) is 11.6. The van der Waals surface area contributed by atoms with Gasteiger partial charge in [0.25, 0.3) is 0 Å². The van der Waals surface area contributed by atoms with Crippen LogP contribution in [0.15, 0.2) is 65.5 Å². The van der Waals surface area contributed by atoms with Crippen LogP contribution in [0.3, 0.4) is 0 Å². The number of aromatic amines is 1. The molecule has 1 amide bonds. The number of pyridine rings is 1. The molecule has 3 aromatic rings. The molecule has 20 heteroatoms. The van der Waals surface area contributed by atoms with Crippen molar-refractivity contribution in [2.24, 2.45) is 0 Å². The number of aliphatic hydroxyl groups is 2. The number of hydrogen-bond donors (Lipinski definition) is 6. The summed E-state index contributed by atoms with van der Waals surface area (Å²) < 4.78 is 35.4. The van der Waals surface area contributed by atoms with Gasteiger partial charge in [0.15, 0.2) is 24.0 Å². The van der Waals surface area contributed by atoms with E-state index in [0.717, 1.165) is 18.9 Å². The highest BCUT2D eigenvalue weighted by Crippen LogP contribution is 2.47. The van der Waals surface area contributed by atoms with Gasteiger partial charge in [-0.25, -0.2) is 4.79 Å². The van der Waals surface area contributed by atoms with Crippen LogP contribution in [0.25, 0.3) is 21.8 Å². The van der Waals surface area contributed by atoms with Gasteiger partial charge in [0.05, 0.1) is 49.6 Å². The number of carbonyl (C=O) groups excluding carboxylic acids is 3. The molecule has 10 atom stereocenters. The molecule has 6 N–H and O–H groups in total. The number of phenolic OH excluding ortho intramolecular Hbond substituents is 1. The van der Waals surface area contributed by atoms with Crippen molar-refractivity contribution in [2.75, 3.05) is 45.6 Å². The molecule has 2 aliphatic heterocycles. The second-order valence-corrected chi connectivity index (χ2v) is 20.8. The number of amides is 1. The zero-order valence-corrected chi connectivity index (χ0v) is 39.6. The molecule has 0 radical (unpaired) electrons. The van der Waals surface area contributed by atoms with E-state index in [1.807, 2.05) is 13.2 Å². The van der Waals surface area contributed by atoms with Crippen LogP contribution < -0.4 is 10.6 Å². The SMILES string of the molecule is CCN[C@H]1CO[C@@H](OC2C(O)[C@](SC)(C(=O)c3nccc4c3[nH]c3ccc(O)cc34)C(C)O[C@H]2O[C@H]2C#C/C=C\C#C[C@]3(O)CC(=O)C(NC(=O)OC)=C2/C3=C\CSSSC)CC1OC. The number of nitrogens with zero attached hydrogens (tertiary/aromatic N) is 1. The lowest BCUT2D eigenvalue weighted by Crippen LogP contribution is -2.68. The highest BCUT2D eigenvalue weighted by Gasteiger charge is 2.61. The molecule has 0 saturated carbocycles. The number of rotatable bonds is 15. The fourth-order valence-electron chi connectivity index (χ4n) is 8.60. The summed E-state index contributed by atoms with van der Waals surface area (Å²) >= 11 is 1.06. The molecular formula is C45H50N4O12S4. The van der Waals surface area contributed by atoms with Gasteiger partial charge in [-0.15, -0.1) is 11.8 Å². The molecule has 65 heavy (non-hydrogen) atoms. The maximum absolute atomic E-state index is 15.3. The number of likely N-dealkylation sites (N-methyl/N-ethyl adjacent to an activating group) is 1. The van der Waals surface area contributed by atoms with E-state index in [2.05, 4.69) is 44.3 Å². The number of Topliss-reactive ketones (excluding diaryl/α,β-unsaturated/α-hetero) is 2. The number of ketones is 2. The van der Waals surface area contributed by atoms with Gasteiger partial charge in [-0.2, -0.15) is 0 Å². The van der Waals surface area contributed by atoms with Gasteiger partial charge in [-0.3, -0.25) is 19.9 Å². The van der Waals surface area contributed by atoms with Crippen LogP contribution in [-0.2, 0) is 33.2 Å². The van der Waals surface area contributed by atoms with Crippen molar-refractivity contribution in [1.82, 2.24) is 20.6 Å². The average Bonchev–Trinajstić information content (AvgIpc) is 3.67. The molecule has 4 aliphatic rings. The van der Waals surface area contributed by atoms with E-state index in [9.17, 15) is 24.9 Å². The van der Waals surface area contributed by atoms with Gasteiger partial charge in [-0.05, 0) is 72.2 Å². The van der Waals surface area contributed by atoms with Crippen LogP contribution in [0.5, 0.6) is 5.75 Å². The monoisotopic (exact) mass is 966 g/mol. The third kappa shape index (κ3) is 9.87. The first-order valence-electron chi connectivity index (χ1n) is 20.6. The maximum atomic E-state index is 15.3. The number of alkyl carbamates (subject to hydrolysis) is 1. The molecule has 2 aliphatic carbocycles. The third-order valence-corrected chi connectivity index (χ3v) is 16.8. The fourth-order valence-corrected chi connectivity index (χ4v) is 12.1. The number of fused-ring (bicyclic) bond motifs is 5. The molecule has 0 spiro atoms. The normalized spacial score (nSPS) is 31.2. The highest BCUT2D eigenvalue weighted by atomic mass is 33.5. The van der Waals surface area contributed by atoms with Crippen molar-refractivity contribution < 1.29 is 58.1 Å². The summed E-state index contributed by atoms with van der Waals surface area (Å²) in [5.41, 5.74) is -1.06. The number of thioether (sulfide) groups is 1. The number of carbonyl (C=O) groups is 3. The summed E-state index contributed by atoms with van der Waals surface area (Å²) in [7, 11) is 7.23. The number of phenols is 1. The molecule has 2 fully saturated rings. The number of hydrogen-bond acceptors (Lipinski definition) is 18. The minimum Gasteiger partial charge on any atom is -0.508 e. The van der Waals surface area contributed by atoms with Gasteiger partial charge < -0.3 is 54.0 Å². The van der Waals surface area contributed by atoms with Gasteiger partial charge in [0.1, 0.15) is 34.5 Å². The average molecular weight is 967 g/mol. The quantitative estimate of drug-likeness (QED) is 0.0522. The highest BCUT2D eigenvalue weighted by molar-refractivity contribution is 9.09. The van der Waals surface area contributed by atoms with Crippen LogP contribution in [0, 0.1) is 23.7 Å². The number of aliphatic hydroxyl groups excluding tert-OH is 1. The maximum Gasteiger partial charge on any atom is 0.411 e. The van der Waals surface area contributed by atoms with E-state index in [1.165, 1.54) is 55.8 Å². The van der Waals surface area contributed by atoms with Crippen LogP contribution >= 0.6 is 43.2 Å². The van der Waals surface area contributed by atoms with Crippen molar-refractivity contribution >= 4 is 82.6 Å². The molecule has 4 heterocycles. The standard InChI is InChI=1S/C45H50N4O12S4/c1-7-46-30-23-58-34(21-33(30)56-3)61-39-41(53)45(62-5,40(52)38-36-26(15-18-47-38)27-20-25(50)13-14-29(27)48-36)24(2)59-42(39)60-32-12-10-8-9-11-17-44(55)22-31(51)37(49-43(54)57-4)35(32)28(44)16-19-64-65-63-6/h8-9,13-16,18,20,24,30,32-34,39,41-42,46,48,50,53,55H,7,19,21-23H2,1-6H3,(H,49,54)/b9-8-,28-16+/t24?,30-,32-,33?,34-,39?,41?,42-,44-,45+/m0/s1. The Kier molecular flexibility index (Phi) is 16.0. The zero-order valence-electron chi connectivity index (χ0n) is 36.4. The molecule has 4 unspecified atom stereocenters. The molecule has 2 saturated heterocycles. The van der Waals surface area contributed by atoms with Crippen LogP contribution in [0.1, 0.15) is 37.2 Å². The first-order valence-corrected chi connectivity index (χ1v) is 25.9. The van der Waals surface area contributed by atoms with E-state index in [-0.39, 0.29) is 53.5 Å². The van der Waals surface area contributed by atoms with E-state index in [4.69, 9.17) is 28.4 Å². The van der Waals surface area contributed by atoms with E-state index < -0.39 is 71.4 Å². The van der Waals surface area contributed by atoms with Gasteiger partial charge in [0, 0.05) is 52.9 Å². The lowest BCUT2D eigenvalue weighted by molar-refractivity contribution is -0.322. The number of aromatic hydroxyl groups is 1. The van der Waals surface area contributed by atoms with E-state index in [0.29, 0.717) is 34.1 Å². The molecule has 1 aromatic carbocycles. The van der Waals surface area contributed by atoms with Crippen LogP contribution in [0.2, 0.25) is 0 Å². The van der Waals surface area contributed by atoms with Crippen molar-refractivity contribution in [3.05, 3.63) is 71.2 Å². The Bertz CT molecular complexity index is 2530. The first kappa shape index (κ1) is 48.9. The Hall–Kier alpha value is -4.00. The predicted octanol–water partition coefficient (Wildman–Crippen LogP) is 4.80. The Morgan fingerprint density at radius 2 is 1.94 bits per heavy atom. The fraction of sp³-hybridized carbons (Fsp3) is 0.467. The Morgan fingerprint density at radius 3 is 2.68 bits per heavy atom. The molecule has 2 aromatic heterocycles. The Morgan fingerprint density at radius 1 is 1.14 bits per heavy atom. The van der Waals surface area contributed by atoms with Gasteiger partial charge >= 0.3 is 6.09 Å². The number of aromatic nitrogens is 2. The summed E-state index contributed by atoms with van der Waals surface area (Å²) in [5.74, 6) is 10.6. The second-order valence-electron chi connectivity index (χ2n) is 15.3. The van der Waals surface area contributed by atoms with Gasteiger partial charge in [-0.1, -0.05) is 58.3 Å². The second kappa shape index (κ2) is 21.3. The van der Waals surface area contributed by atoms with Crippen molar-refractivity contribution in [3.63, 3.8) is 0 Å². The lowest BCUT2D eigenvalue weighted by Gasteiger charge is -2.51. The van der Waals surface area contributed by atoms with Crippen LogP contribution in [-0.4, -0.2) is 148 Å². The topological polar surface area (TPSA) is 220 Å². The molecular weight excluding hydrogens is 917 g/mol. The van der Waals surface area contributed by atoms with Crippen molar-refractivity contribution in [3.8, 4) is 29.4 Å². The summed E-state index contributed by atoms with van der Waals surface area (Å²) in [6.45, 7) is 4.45. The number of H-pyrrole nitrogens is 1. The van der Waals surface area contributed by atoms with Gasteiger partial charge in [0.2, 0.25) is 5.78 Å². The first-order chi connectivity index (χ1) is 31.3. The smallest absolute Gasteiger partial charge is 0.411 e. The molecule has 2 bridgehead atoms. The molecule has 16 nitrogen and oxygen atoms in total. The summed E-state index contributed by atoms with van der Waals surface area (Å²) in [6.07, 6.45) is -0.241. The Labute approximate surface area is 391 Å². The van der Waals surface area contributed by atoms with Crippen molar-refractivity contribution in [1.29, 1.82) is 0 Å². The Balaban J connectivity index is 1.35.